The summed E-state index contributed by atoms with van der Waals surface area (Å²) in [5, 5.41) is 11.6. The van der Waals surface area contributed by atoms with Crippen LogP contribution in [-0.4, -0.2) is 53.7 Å². The van der Waals surface area contributed by atoms with Gasteiger partial charge in [-0.15, -0.1) is 0 Å². The van der Waals surface area contributed by atoms with Crippen molar-refractivity contribution in [3.05, 3.63) is 59.7 Å². The highest BCUT2D eigenvalue weighted by Gasteiger charge is 2.34. The Morgan fingerprint density at radius 2 is 1.65 bits per heavy atom. The number of hydrogen-bond donors (Lipinski definition) is 2. The first kappa shape index (κ1) is 20.9. The van der Waals surface area contributed by atoms with Crippen LogP contribution in [-0.2, 0) is 14.3 Å². The van der Waals surface area contributed by atoms with Crippen molar-refractivity contribution in [1.29, 1.82) is 0 Å². The number of carbonyl (C=O) groups excluding carboxylic acids is 2. The molecule has 7 nitrogen and oxygen atoms in total. The molecule has 1 aliphatic carbocycles. The molecule has 0 saturated carbocycles. The lowest BCUT2D eigenvalue weighted by Crippen LogP contribution is -2.56. The largest absolute Gasteiger partial charge is 0.481 e. The van der Waals surface area contributed by atoms with Gasteiger partial charge in [0, 0.05) is 25.4 Å². The molecule has 31 heavy (non-hydrogen) atoms. The molecule has 0 spiro atoms. The number of likely N-dealkylation sites (tertiary alicyclic amines) is 1. The van der Waals surface area contributed by atoms with Gasteiger partial charge in [-0.25, -0.2) is 4.79 Å². The van der Waals surface area contributed by atoms with E-state index >= 15 is 0 Å². The second-order valence-electron chi connectivity index (χ2n) is 8.30. The first-order valence-corrected chi connectivity index (χ1v) is 10.6. The number of aliphatic carboxylic acids is 1. The molecule has 162 valence electrons. The van der Waals surface area contributed by atoms with Crippen LogP contribution in [0, 0.1) is 5.92 Å². The number of nitrogens with zero attached hydrogens (tertiary/aromatic N) is 1. The van der Waals surface area contributed by atoms with Crippen LogP contribution in [0.1, 0.15) is 36.8 Å². The number of benzene rings is 2. The molecule has 7 heteroatoms. The molecule has 2 N–H and O–H groups in total. The average molecular weight is 422 g/mol. The maximum atomic E-state index is 12.7. The molecular formula is C24H26N2O5. The van der Waals surface area contributed by atoms with Gasteiger partial charge in [-0.3, -0.25) is 9.59 Å². The van der Waals surface area contributed by atoms with Gasteiger partial charge in [-0.05, 0) is 34.6 Å². The van der Waals surface area contributed by atoms with Crippen LogP contribution < -0.4 is 5.32 Å². The van der Waals surface area contributed by atoms with Crippen LogP contribution in [0.15, 0.2) is 48.5 Å². The van der Waals surface area contributed by atoms with Gasteiger partial charge in [0.05, 0.1) is 0 Å². The van der Waals surface area contributed by atoms with Gasteiger partial charge < -0.3 is 20.1 Å². The number of alkyl carbamates (subject to hydrolysis) is 1. The fraction of sp³-hybridized carbons (Fsp3) is 0.375. The van der Waals surface area contributed by atoms with Crippen LogP contribution in [0.4, 0.5) is 4.79 Å². The highest BCUT2D eigenvalue weighted by Crippen LogP contribution is 2.44. The Bertz CT molecular complexity index is 953. The summed E-state index contributed by atoms with van der Waals surface area (Å²) in [6, 6.07) is 15.2. The average Bonchev–Trinajstić information content (AvgIpc) is 3.06. The molecule has 4 rings (SSSR count). The van der Waals surface area contributed by atoms with E-state index in [-0.39, 0.29) is 31.3 Å². The third kappa shape index (κ3) is 4.40. The highest BCUT2D eigenvalue weighted by molar-refractivity contribution is 5.87. The highest BCUT2D eigenvalue weighted by atomic mass is 16.5. The smallest absolute Gasteiger partial charge is 0.407 e. The quantitative estimate of drug-likeness (QED) is 0.714. The van der Waals surface area contributed by atoms with E-state index in [4.69, 9.17) is 9.84 Å². The van der Waals surface area contributed by atoms with E-state index in [1.807, 2.05) is 43.3 Å². The molecule has 2 amide bonds. The topological polar surface area (TPSA) is 95.9 Å². The summed E-state index contributed by atoms with van der Waals surface area (Å²) in [7, 11) is 0. The third-order valence-corrected chi connectivity index (χ3v) is 5.96. The van der Waals surface area contributed by atoms with Crippen molar-refractivity contribution in [2.45, 2.75) is 31.7 Å². The number of ether oxygens (including phenoxy) is 1. The third-order valence-electron chi connectivity index (χ3n) is 5.96. The standard InChI is InChI=1S/C24H26N2O5/c1-15-12-26(13-15)23(29)21(10-11-22(27)28)25-24(30)31-14-20-18-8-4-2-6-16(18)17-7-3-5-9-19(17)20/h2-9,15,20-21H,10-14H2,1H3,(H,25,30)(H,27,28). The number of nitrogens with one attached hydrogen (secondary N) is 1. The monoisotopic (exact) mass is 422 g/mol. The zero-order valence-electron chi connectivity index (χ0n) is 17.4. The van der Waals surface area contributed by atoms with Gasteiger partial charge in [-0.2, -0.15) is 0 Å². The minimum Gasteiger partial charge on any atom is -0.481 e. The van der Waals surface area contributed by atoms with Gasteiger partial charge in [0.2, 0.25) is 5.91 Å². The fourth-order valence-corrected chi connectivity index (χ4v) is 4.41. The molecular weight excluding hydrogens is 396 g/mol. The fourth-order valence-electron chi connectivity index (χ4n) is 4.41. The van der Waals surface area contributed by atoms with E-state index in [0.717, 1.165) is 22.3 Å². The second kappa shape index (κ2) is 8.79. The molecule has 2 aromatic rings. The molecule has 2 aromatic carbocycles. The van der Waals surface area contributed by atoms with Crippen molar-refractivity contribution in [2.24, 2.45) is 5.92 Å². The number of rotatable bonds is 7. The number of amides is 2. The molecule has 1 unspecified atom stereocenters. The van der Waals surface area contributed by atoms with Gasteiger partial charge >= 0.3 is 12.1 Å². The predicted molar refractivity (Wildman–Crippen MR) is 115 cm³/mol. The van der Waals surface area contributed by atoms with Gasteiger partial charge in [0.15, 0.2) is 0 Å². The molecule has 1 saturated heterocycles. The maximum absolute atomic E-state index is 12.7. The van der Waals surface area contributed by atoms with Crippen LogP contribution in [0.5, 0.6) is 0 Å². The second-order valence-corrected chi connectivity index (χ2v) is 8.30. The number of fused-ring (bicyclic) bond motifs is 3. The molecule has 0 aromatic heterocycles. The van der Waals surface area contributed by atoms with E-state index < -0.39 is 18.1 Å². The zero-order valence-corrected chi connectivity index (χ0v) is 17.4. The van der Waals surface area contributed by atoms with Crippen LogP contribution in [0.3, 0.4) is 0 Å². The van der Waals surface area contributed by atoms with Crippen molar-refractivity contribution < 1.29 is 24.2 Å². The zero-order chi connectivity index (χ0) is 22.0. The van der Waals surface area contributed by atoms with Crippen LogP contribution in [0.2, 0.25) is 0 Å². The minimum atomic E-state index is -1.01. The first-order valence-electron chi connectivity index (χ1n) is 10.6. The number of carboxylic acids is 1. The van der Waals surface area contributed by atoms with Crippen molar-refractivity contribution >= 4 is 18.0 Å². The molecule has 1 heterocycles. The molecule has 1 fully saturated rings. The molecule has 1 aliphatic heterocycles. The summed E-state index contributed by atoms with van der Waals surface area (Å²) in [4.78, 5) is 37.8. The summed E-state index contributed by atoms with van der Waals surface area (Å²) in [5.74, 6) is -0.932. The van der Waals surface area contributed by atoms with Gasteiger partial charge in [-0.1, -0.05) is 55.5 Å². The number of hydrogen-bond acceptors (Lipinski definition) is 4. The number of carbonyl (C=O) groups is 3. The van der Waals surface area contributed by atoms with Crippen molar-refractivity contribution in [2.75, 3.05) is 19.7 Å². The Morgan fingerprint density at radius 3 is 2.19 bits per heavy atom. The Labute approximate surface area is 181 Å². The molecule has 2 aliphatic rings. The summed E-state index contributed by atoms with van der Waals surface area (Å²) in [5.41, 5.74) is 4.47. The summed E-state index contributed by atoms with van der Waals surface area (Å²) < 4.78 is 5.51. The Balaban J connectivity index is 1.41. The lowest BCUT2D eigenvalue weighted by atomic mass is 9.98. The van der Waals surface area contributed by atoms with E-state index in [9.17, 15) is 14.4 Å². The SMILES string of the molecule is CC1CN(C(=O)C(CCC(=O)O)NC(=O)OCC2c3ccccc3-c3ccccc32)C1. The molecule has 0 radical (unpaired) electrons. The van der Waals surface area contributed by atoms with Crippen molar-refractivity contribution in [3.63, 3.8) is 0 Å². The van der Waals surface area contributed by atoms with Gasteiger partial charge in [0.25, 0.3) is 0 Å². The maximum Gasteiger partial charge on any atom is 0.407 e. The Hall–Kier alpha value is -3.35. The van der Waals surface area contributed by atoms with E-state index in [0.29, 0.717) is 19.0 Å². The normalized spacial score (nSPS) is 16.1. The summed E-state index contributed by atoms with van der Waals surface area (Å²) in [6.07, 6.45) is -0.883. The van der Waals surface area contributed by atoms with E-state index in [1.54, 1.807) is 4.90 Å². The number of carboxylic acid groups (broad SMARTS) is 1. The van der Waals surface area contributed by atoms with E-state index in [2.05, 4.69) is 17.4 Å². The van der Waals surface area contributed by atoms with Crippen LogP contribution in [0.25, 0.3) is 11.1 Å². The summed E-state index contributed by atoms with van der Waals surface area (Å²) >= 11 is 0. The van der Waals surface area contributed by atoms with Crippen molar-refractivity contribution in [1.82, 2.24) is 10.2 Å². The lowest BCUT2D eigenvalue weighted by molar-refractivity contribution is -0.140. The molecule has 1 atom stereocenters. The predicted octanol–water partition coefficient (Wildman–Crippen LogP) is 3.24. The first-order chi connectivity index (χ1) is 14.9. The molecule has 0 bridgehead atoms. The van der Waals surface area contributed by atoms with E-state index in [1.165, 1.54) is 0 Å². The van der Waals surface area contributed by atoms with Crippen molar-refractivity contribution in [3.8, 4) is 11.1 Å². The minimum absolute atomic E-state index is 0.0310. The Morgan fingerprint density at radius 1 is 1.06 bits per heavy atom. The summed E-state index contributed by atoms with van der Waals surface area (Å²) in [6.45, 7) is 3.42. The van der Waals surface area contributed by atoms with Gasteiger partial charge in [0.1, 0.15) is 12.6 Å². The lowest BCUT2D eigenvalue weighted by Gasteiger charge is -2.39. The Kier molecular flexibility index (Phi) is 5.93. The van der Waals surface area contributed by atoms with Crippen LogP contribution >= 0.6 is 0 Å².